The molecule has 0 unspecified atom stereocenters. The van der Waals surface area contributed by atoms with Crippen molar-refractivity contribution in [3.05, 3.63) is 227 Å². The molecule has 330 valence electrons. The molecule has 0 atom stereocenters. The summed E-state index contributed by atoms with van der Waals surface area (Å²) in [5.41, 5.74) is 11.8. The highest BCUT2D eigenvalue weighted by Gasteiger charge is 2.26. The zero-order valence-corrected chi connectivity index (χ0v) is 38.7. The number of aromatic nitrogens is 6. The highest BCUT2D eigenvalue weighted by Crippen LogP contribution is 2.44. The van der Waals surface area contributed by atoms with Crippen LogP contribution in [0.15, 0.2) is 194 Å². The van der Waals surface area contributed by atoms with Gasteiger partial charge in [0.1, 0.15) is 0 Å². The molecule has 0 fully saturated rings. The summed E-state index contributed by atoms with van der Waals surface area (Å²) in [5, 5.41) is 0. The molecule has 2 heterocycles. The molecule has 0 aliphatic rings. The predicted octanol–water partition coefficient (Wildman–Crippen LogP) is 15.2. The van der Waals surface area contributed by atoms with E-state index in [1.165, 1.54) is 0 Å². The monoisotopic (exact) mass is 886 g/mol. The molecule has 10 rings (SSSR count). The molecule has 0 aliphatic carbocycles. The van der Waals surface area contributed by atoms with Crippen LogP contribution in [0.2, 0.25) is 0 Å². The minimum atomic E-state index is 0.255. The van der Waals surface area contributed by atoms with Crippen LogP contribution in [-0.4, -0.2) is 29.9 Å². The molecule has 0 spiro atoms. The van der Waals surface area contributed by atoms with E-state index in [1.807, 2.05) is 183 Å². The van der Waals surface area contributed by atoms with E-state index in [2.05, 4.69) is 24.3 Å². The maximum atomic E-state index is 9.15. The summed E-state index contributed by atoms with van der Waals surface area (Å²) in [6, 6.07) is 56.6. The molecule has 8 heteroatoms. The van der Waals surface area contributed by atoms with Gasteiger partial charge >= 0.3 is 0 Å². The van der Waals surface area contributed by atoms with E-state index in [0.717, 1.165) is 33.4 Å². The minimum absolute atomic E-state index is 0.255. The van der Waals surface area contributed by atoms with Gasteiger partial charge in [-0.1, -0.05) is 181 Å². The lowest BCUT2D eigenvalue weighted by atomic mass is 9.99. The molecule has 8 nitrogen and oxygen atoms in total. The van der Waals surface area contributed by atoms with E-state index in [-0.39, 0.29) is 36.1 Å². The van der Waals surface area contributed by atoms with Gasteiger partial charge < -0.3 is 4.90 Å². The lowest BCUT2D eigenvalue weighted by Crippen LogP contribution is -2.19. The molecular weight excluding hydrogens is 833 g/mol. The summed E-state index contributed by atoms with van der Waals surface area (Å²) in [6.07, 6.45) is 0. The predicted molar refractivity (Wildman–Crippen MR) is 278 cm³/mol. The van der Waals surface area contributed by atoms with Gasteiger partial charge in [-0.3, -0.25) is 0 Å². The zero-order chi connectivity index (χ0) is 50.2. The van der Waals surface area contributed by atoms with E-state index < -0.39 is 0 Å². The van der Waals surface area contributed by atoms with Gasteiger partial charge in [0.25, 0.3) is 0 Å². The molecule has 8 aromatic carbocycles. The Balaban J connectivity index is 1.23. The molecule has 0 bridgehead atoms. The fraction of sp³-hybridized carbons (Fsp3) is 0.100. The molecule has 0 N–H and O–H groups in total. The van der Waals surface area contributed by atoms with Crippen LogP contribution in [0.4, 0.5) is 34.6 Å². The molecule has 0 saturated heterocycles. The minimum Gasteiger partial charge on any atom is -0.309 e. The fourth-order valence-corrected chi connectivity index (χ4v) is 8.75. The molecule has 68 heavy (non-hydrogen) atoms. The van der Waals surface area contributed by atoms with E-state index in [0.29, 0.717) is 79.4 Å². The topological polar surface area (TPSA) is 83.8 Å². The van der Waals surface area contributed by atoms with Crippen molar-refractivity contribution in [1.82, 2.24) is 29.9 Å². The number of hydrogen-bond donors (Lipinski definition) is 0. The molecular formula is C60H50N8. The number of rotatable bonds is 11. The van der Waals surface area contributed by atoms with Crippen LogP contribution in [0.5, 0.6) is 0 Å². The van der Waals surface area contributed by atoms with Gasteiger partial charge in [-0.2, -0.15) is 19.9 Å². The molecule has 10 aromatic rings. The Morgan fingerprint density at radius 3 is 0.897 bits per heavy atom. The molecule has 0 aliphatic heterocycles. The highest BCUT2D eigenvalue weighted by molar-refractivity contribution is 5.85. The molecule has 2 aromatic heterocycles. The summed E-state index contributed by atoms with van der Waals surface area (Å²) in [5.74, 6) is 2.30. The zero-order valence-electron chi connectivity index (χ0n) is 42.7. The van der Waals surface area contributed by atoms with Crippen molar-refractivity contribution in [1.29, 1.82) is 0 Å². The van der Waals surface area contributed by atoms with Crippen LogP contribution in [-0.2, 0) is 0 Å². The Morgan fingerprint density at radius 1 is 0.294 bits per heavy atom. The average Bonchev–Trinajstić information content (AvgIpc) is 3.43. The first-order valence-electron chi connectivity index (χ1n) is 24.6. The van der Waals surface area contributed by atoms with Crippen LogP contribution < -0.4 is 9.80 Å². The van der Waals surface area contributed by atoms with Gasteiger partial charge in [0, 0.05) is 27.9 Å². The summed E-state index contributed by atoms with van der Waals surface area (Å²) < 4.78 is 36.6. The largest absolute Gasteiger partial charge is 0.309 e. The van der Waals surface area contributed by atoms with E-state index in [1.54, 1.807) is 13.8 Å². The number of anilines is 6. The number of benzene rings is 8. The normalized spacial score (nSPS) is 11.9. The third-order valence-corrected chi connectivity index (χ3v) is 11.7. The van der Waals surface area contributed by atoms with Gasteiger partial charge in [-0.25, -0.2) is 14.9 Å². The summed E-state index contributed by atoms with van der Waals surface area (Å²) >= 11 is 0. The first-order chi connectivity index (χ1) is 34.9. The van der Waals surface area contributed by atoms with Crippen molar-refractivity contribution in [3.63, 3.8) is 0 Å². The number of hydrogen-bond acceptors (Lipinski definition) is 8. The van der Waals surface area contributed by atoms with Crippen LogP contribution in [0.3, 0.4) is 0 Å². The van der Waals surface area contributed by atoms with Gasteiger partial charge in [-0.05, 0) is 99.2 Å². The van der Waals surface area contributed by atoms with Crippen LogP contribution in [0, 0.1) is 41.5 Å². The Bertz CT molecular complexity index is 3430. The second kappa shape index (κ2) is 18.7. The lowest BCUT2D eigenvalue weighted by Gasteiger charge is -2.32. The second-order valence-corrected chi connectivity index (χ2v) is 16.7. The van der Waals surface area contributed by atoms with Crippen LogP contribution in [0.1, 0.15) is 38.9 Å². The smallest absolute Gasteiger partial charge is 0.241 e. The first kappa shape index (κ1) is 38.6. The quantitative estimate of drug-likeness (QED) is 0.127. The fourth-order valence-electron chi connectivity index (χ4n) is 8.75. The maximum absolute atomic E-state index is 9.15. The van der Waals surface area contributed by atoms with E-state index in [4.69, 9.17) is 35.4 Å². The summed E-state index contributed by atoms with van der Waals surface area (Å²) in [6.45, 7) is 11.2. The molecule has 0 amide bonds. The van der Waals surface area contributed by atoms with Crippen molar-refractivity contribution in [2.24, 2.45) is 0 Å². The first-order valence-corrected chi connectivity index (χ1v) is 22.6. The third-order valence-electron chi connectivity index (χ3n) is 11.7. The van der Waals surface area contributed by atoms with E-state index >= 15 is 0 Å². The van der Waals surface area contributed by atoms with Crippen molar-refractivity contribution in [3.8, 4) is 56.7 Å². The Morgan fingerprint density at radius 2 is 0.559 bits per heavy atom. The highest BCUT2D eigenvalue weighted by atomic mass is 15.4. The van der Waals surface area contributed by atoms with Crippen LogP contribution in [0.25, 0.3) is 56.7 Å². The standard InChI is InChI=1S/C60H50N8/c1-39-35-41(3)53(42(4)36-39)67(54-43(5)37-40(2)38-44(54)6)51-31-33-52(34-32-51)68(59-63-55(47-21-13-8-14-22-47)61-56(64-59)48-23-15-9-16-24-48)60-65-57(49-25-17-10-18-26-49)62-58(66-60)50-29-27-46(28-30-50)45-19-11-7-12-20-45/h7-38H,1-6H3/i35D,36D,37D,38D. The SMILES string of the molecule is [2H]c1c(C)c([2H])c(C)c(N(c2ccc(N(c3nc(-c4ccccc4)nc(-c4ccccc4)n3)c3nc(-c4ccccc4)nc(-c4ccc(-c5ccccc5)cc4)n3)cc2)c2c(C)c([2H])c(C)c([2H])c2C)c1C. The Kier molecular flexibility index (Phi) is 10.6. The molecule has 0 saturated carbocycles. The van der Waals surface area contributed by atoms with E-state index in [9.17, 15) is 0 Å². The maximum Gasteiger partial charge on any atom is 0.241 e. The van der Waals surface area contributed by atoms with Gasteiger partial charge in [0.2, 0.25) is 11.9 Å². The van der Waals surface area contributed by atoms with Gasteiger partial charge in [0.05, 0.1) is 22.5 Å². The average molecular weight is 887 g/mol. The van der Waals surface area contributed by atoms with Gasteiger partial charge in [-0.15, -0.1) is 0 Å². The third kappa shape index (κ3) is 8.87. The number of nitrogens with zero attached hydrogens (tertiary/aromatic N) is 8. The van der Waals surface area contributed by atoms with Crippen molar-refractivity contribution >= 4 is 34.6 Å². The van der Waals surface area contributed by atoms with Crippen molar-refractivity contribution in [2.45, 2.75) is 41.5 Å². The van der Waals surface area contributed by atoms with Gasteiger partial charge in [0.15, 0.2) is 23.3 Å². The Hall–Kier alpha value is -8.62. The lowest BCUT2D eigenvalue weighted by molar-refractivity contribution is 0.964. The summed E-state index contributed by atoms with van der Waals surface area (Å²) in [4.78, 5) is 34.8. The van der Waals surface area contributed by atoms with Crippen molar-refractivity contribution in [2.75, 3.05) is 9.80 Å². The van der Waals surface area contributed by atoms with Crippen molar-refractivity contribution < 1.29 is 5.48 Å². The summed E-state index contributed by atoms with van der Waals surface area (Å²) in [7, 11) is 0. The van der Waals surface area contributed by atoms with Crippen LogP contribution >= 0.6 is 0 Å². The second-order valence-electron chi connectivity index (χ2n) is 16.7. The molecule has 0 radical (unpaired) electrons. The Labute approximate surface area is 404 Å².